The standard InChI is InChI=1S/C11H12BrNS3/c1-3-7(2)15-16-11-13-9-6-8(12)4-5-10(9)14-11/h4-7H,3H2,1-2H3. The maximum absolute atomic E-state index is 4.61. The van der Waals surface area contributed by atoms with E-state index in [0.29, 0.717) is 5.25 Å². The number of fused-ring (bicyclic) bond motifs is 1. The largest absolute Gasteiger partial charge is 0.229 e. The Kier molecular flexibility index (Phi) is 4.58. The van der Waals surface area contributed by atoms with Gasteiger partial charge in [0.25, 0.3) is 0 Å². The fraction of sp³-hybridized carbons (Fsp3) is 0.364. The zero-order chi connectivity index (χ0) is 11.5. The van der Waals surface area contributed by atoms with Crippen molar-refractivity contribution in [1.29, 1.82) is 0 Å². The van der Waals surface area contributed by atoms with Crippen molar-refractivity contribution in [3.05, 3.63) is 22.7 Å². The molecule has 16 heavy (non-hydrogen) atoms. The third-order valence-corrected chi connectivity index (χ3v) is 7.07. The molecule has 0 radical (unpaired) electrons. The number of aromatic nitrogens is 1. The predicted molar refractivity (Wildman–Crippen MR) is 80.5 cm³/mol. The van der Waals surface area contributed by atoms with Gasteiger partial charge in [-0.3, -0.25) is 0 Å². The van der Waals surface area contributed by atoms with Crippen LogP contribution < -0.4 is 0 Å². The zero-order valence-corrected chi connectivity index (χ0v) is 13.1. The normalized spacial score (nSPS) is 13.2. The number of hydrogen-bond acceptors (Lipinski definition) is 4. The first-order valence-electron chi connectivity index (χ1n) is 5.08. The van der Waals surface area contributed by atoms with Crippen LogP contribution in [0.1, 0.15) is 20.3 Å². The van der Waals surface area contributed by atoms with Crippen molar-refractivity contribution in [2.75, 3.05) is 0 Å². The Morgan fingerprint density at radius 1 is 1.50 bits per heavy atom. The Labute approximate surface area is 116 Å². The summed E-state index contributed by atoms with van der Waals surface area (Å²) in [6.07, 6.45) is 1.20. The van der Waals surface area contributed by atoms with Gasteiger partial charge in [-0.25, -0.2) is 4.98 Å². The zero-order valence-electron chi connectivity index (χ0n) is 9.07. The van der Waals surface area contributed by atoms with E-state index >= 15 is 0 Å². The summed E-state index contributed by atoms with van der Waals surface area (Å²) < 4.78 is 3.50. The van der Waals surface area contributed by atoms with Gasteiger partial charge in [0.05, 0.1) is 10.2 Å². The summed E-state index contributed by atoms with van der Waals surface area (Å²) >= 11 is 5.24. The number of benzene rings is 1. The van der Waals surface area contributed by atoms with E-state index in [0.717, 1.165) is 14.3 Å². The van der Waals surface area contributed by atoms with Crippen LogP contribution >= 0.6 is 48.9 Å². The van der Waals surface area contributed by atoms with Crippen molar-refractivity contribution >= 4 is 59.1 Å². The molecule has 1 heterocycles. The molecule has 0 saturated carbocycles. The second-order valence-corrected chi connectivity index (χ2v) is 8.32. The van der Waals surface area contributed by atoms with Crippen LogP contribution in [0.25, 0.3) is 10.2 Å². The third kappa shape index (κ3) is 3.15. The first-order chi connectivity index (χ1) is 7.69. The lowest BCUT2D eigenvalue weighted by atomic mass is 10.3. The van der Waals surface area contributed by atoms with Gasteiger partial charge in [-0.2, -0.15) is 0 Å². The smallest absolute Gasteiger partial charge is 0.161 e. The summed E-state index contributed by atoms with van der Waals surface area (Å²) in [7, 11) is 3.70. The average molecular weight is 334 g/mol. The van der Waals surface area contributed by atoms with Gasteiger partial charge in [-0.05, 0) is 35.4 Å². The second-order valence-electron chi connectivity index (χ2n) is 3.49. The topological polar surface area (TPSA) is 12.9 Å². The number of rotatable bonds is 4. The van der Waals surface area contributed by atoms with E-state index in [-0.39, 0.29) is 0 Å². The molecule has 0 N–H and O–H groups in total. The lowest BCUT2D eigenvalue weighted by molar-refractivity contribution is 0.912. The van der Waals surface area contributed by atoms with Crippen molar-refractivity contribution in [3.63, 3.8) is 0 Å². The van der Waals surface area contributed by atoms with Gasteiger partial charge in [0, 0.05) is 9.72 Å². The molecule has 0 spiro atoms. The number of thiazole rings is 1. The summed E-state index contributed by atoms with van der Waals surface area (Å²) in [4.78, 5) is 4.61. The van der Waals surface area contributed by atoms with E-state index in [9.17, 15) is 0 Å². The van der Waals surface area contributed by atoms with Gasteiger partial charge in [0.1, 0.15) is 0 Å². The van der Waals surface area contributed by atoms with Crippen LogP contribution in [0.2, 0.25) is 0 Å². The highest BCUT2D eigenvalue weighted by Crippen LogP contribution is 2.39. The molecule has 1 unspecified atom stereocenters. The van der Waals surface area contributed by atoms with E-state index < -0.39 is 0 Å². The fourth-order valence-corrected chi connectivity index (χ4v) is 4.98. The lowest BCUT2D eigenvalue weighted by Crippen LogP contribution is -1.87. The van der Waals surface area contributed by atoms with Crippen LogP contribution in [0.3, 0.4) is 0 Å². The van der Waals surface area contributed by atoms with Gasteiger partial charge in [-0.15, -0.1) is 11.3 Å². The molecule has 1 atom stereocenters. The van der Waals surface area contributed by atoms with E-state index in [1.54, 1.807) is 22.1 Å². The molecule has 0 aliphatic rings. The van der Waals surface area contributed by atoms with Gasteiger partial charge in [0.2, 0.25) is 0 Å². The molecule has 0 saturated heterocycles. The highest BCUT2D eigenvalue weighted by Gasteiger charge is 2.07. The fourth-order valence-electron chi connectivity index (χ4n) is 1.11. The van der Waals surface area contributed by atoms with Crippen molar-refractivity contribution < 1.29 is 0 Å². The van der Waals surface area contributed by atoms with E-state index in [1.807, 2.05) is 10.8 Å². The van der Waals surface area contributed by atoms with Crippen LogP contribution in [0.4, 0.5) is 0 Å². The SMILES string of the molecule is CCC(C)SSc1nc2cc(Br)ccc2s1. The minimum atomic E-state index is 0.684. The molecule has 0 aliphatic carbocycles. The molecule has 2 rings (SSSR count). The monoisotopic (exact) mass is 333 g/mol. The Hall–Kier alpha value is 0.290. The highest BCUT2D eigenvalue weighted by atomic mass is 79.9. The van der Waals surface area contributed by atoms with Crippen LogP contribution in [0, 0.1) is 0 Å². The van der Waals surface area contributed by atoms with E-state index in [2.05, 4.69) is 53.0 Å². The van der Waals surface area contributed by atoms with E-state index in [1.165, 1.54) is 11.1 Å². The highest BCUT2D eigenvalue weighted by molar-refractivity contribution is 9.10. The molecule has 1 aromatic heterocycles. The first kappa shape index (κ1) is 12.7. The lowest BCUT2D eigenvalue weighted by Gasteiger charge is -2.03. The van der Waals surface area contributed by atoms with Crippen molar-refractivity contribution in [2.24, 2.45) is 0 Å². The minimum Gasteiger partial charge on any atom is -0.229 e. The third-order valence-electron chi connectivity index (χ3n) is 2.19. The molecule has 5 heteroatoms. The van der Waals surface area contributed by atoms with Gasteiger partial charge in [-0.1, -0.05) is 40.6 Å². The maximum Gasteiger partial charge on any atom is 0.161 e. The number of halogens is 1. The number of nitrogens with zero attached hydrogens (tertiary/aromatic N) is 1. The Bertz CT molecular complexity index is 483. The van der Waals surface area contributed by atoms with Gasteiger partial charge >= 0.3 is 0 Å². The molecule has 0 aliphatic heterocycles. The Morgan fingerprint density at radius 3 is 3.06 bits per heavy atom. The molecule has 0 fully saturated rings. The van der Waals surface area contributed by atoms with Crippen LogP contribution in [0.15, 0.2) is 27.0 Å². The Balaban J connectivity index is 2.13. The molecule has 1 nitrogen and oxygen atoms in total. The molecular formula is C11H12BrNS3. The quantitative estimate of drug-likeness (QED) is 0.676. The van der Waals surface area contributed by atoms with Crippen LogP contribution in [-0.4, -0.2) is 10.2 Å². The van der Waals surface area contributed by atoms with Crippen molar-refractivity contribution in [1.82, 2.24) is 4.98 Å². The molecule has 0 bridgehead atoms. The second kappa shape index (κ2) is 5.76. The Morgan fingerprint density at radius 2 is 2.31 bits per heavy atom. The van der Waals surface area contributed by atoms with Crippen LogP contribution in [0.5, 0.6) is 0 Å². The van der Waals surface area contributed by atoms with Crippen LogP contribution in [-0.2, 0) is 0 Å². The summed E-state index contributed by atoms with van der Waals surface area (Å²) in [5, 5.41) is 0.684. The predicted octanol–water partition coefficient (Wildman–Crippen LogP) is 5.60. The summed E-state index contributed by atoms with van der Waals surface area (Å²) in [5.74, 6) is 0. The average Bonchev–Trinajstić information content (AvgIpc) is 2.67. The molecule has 0 amide bonds. The minimum absolute atomic E-state index is 0.684. The summed E-state index contributed by atoms with van der Waals surface area (Å²) in [5.41, 5.74) is 1.09. The van der Waals surface area contributed by atoms with Crippen molar-refractivity contribution in [3.8, 4) is 0 Å². The van der Waals surface area contributed by atoms with Gasteiger partial charge < -0.3 is 0 Å². The maximum atomic E-state index is 4.61. The molecule has 86 valence electrons. The van der Waals surface area contributed by atoms with E-state index in [4.69, 9.17) is 0 Å². The first-order valence-corrected chi connectivity index (χ1v) is 8.90. The molecule has 2 aromatic rings. The van der Waals surface area contributed by atoms with Crippen molar-refractivity contribution in [2.45, 2.75) is 29.9 Å². The summed E-state index contributed by atoms with van der Waals surface area (Å²) in [6, 6.07) is 6.26. The number of hydrogen-bond donors (Lipinski definition) is 0. The van der Waals surface area contributed by atoms with Gasteiger partial charge in [0.15, 0.2) is 4.34 Å². The molecular weight excluding hydrogens is 322 g/mol. The molecule has 1 aromatic carbocycles. The summed E-state index contributed by atoms with van der Waals surface area (Å²) in [6.45, 7) is 4.47.